The Morgan fingerprint density at radius 1 is 0.967 bits per heavy atom. The van der Waals surface area contributed by atoms with Gasteiger partial charge in [-0.25, -0.2) is 4.98 Å². The van der Waals surface area contributed by atoms with Crippen LogP contribution in [0, 0.1) is 0 Å². The van der Waals surface area contributed by atoms with Crippen LogP contribution in [0.3, 0.4) is 0 Å². The highest BCUT2D eigenvalue weighted by Gasteiger charge is 2.35. The first-order chi connectivity index (χ1) is 14.7. The molecule has 0 radical (unpaired) electrons. The quantitative estimate of drug-likeness (QED) is 0.670. The Labute approximate surface area is 179 Å². The van der Waals surface area contributed by atoms with Crippen molar-refractivity contribution >= 4 is 11.0 Å². The fraction of sp³-hybridized carbons (Fsp3) is 0.520. The standard InChI is InChI=1S/C25H33N5/c1-29(2)19-12-14-20(15-13-19)30(17-24-27-21-9-3-4-10-22(21)28-24)23-11-5-7-18-8-6-16-26-25(18)23/h3-4,6,8-10,16,19-20,23H,5,7,11-15,17H2,1-2H3,(H,27,28). The molecule has 1 aromatic carbocycles. The van der Waals surface area contributed by atoms with Gasteiger partial charge in [-0.2, -0.15) is 0 Å². The number of imidazole rings is 1. The lowest BCUT2D eigenvalue weighted by molar-refractivity contribution is 0.0612. The first-order valence-corrected chi connectivity index (χ1v) is 11.5. The molecule has 0 spiro atoms. The zero-order valence-corrected chi connectivity index (χ0v) is 18.2. The summed E-state index contributed by atoms with van der Waals surface area (Å²) in [6, 6.07) is 14.4. The molecule has 0 amide bonds. The summed E-state index contributed by atoms with van der Waals surface area (Å²) in [5, 5.41) is 0. The zero-order valence-electron chi connectivity index (χ0n) is 18.2. The fourth-order valence-electron chi connectivity index (χ4n) is 5.56. The normalized spacial score (nSPS) is 24.5. The Kier molecular flexibility index (Phi) is 5.57. The van der Waals surface area contributed by atoms with Crippen LogP contribution in [0.5, 0.6) is 0 Å². The number of aryl methyl sites for hydroxylation is 1. The van der Waals surface area contributed by atoms with Gasteiger partial charge in [0.2, 0.25) is 0 Å². The van der Waals surface area contributed by atoms with Gasteiger partial charge in [0.05, 0.1) is 29.3 Å². The highest BCUT2D eigenvalue weighted by molar-refractivity contribution is 5.74. The van der Waals surface area contributed by atoms with Gasteiger partial charge in [-0.15, -0.1) is 0 Å². The lowest BCUT2D eigenvalue weighted by Crippen LogP contribution is -2.44. The molecule has 5 heteroatoms. The largest absolute Gasteiger partial charge is 0.341 e. The minimum Gasteiger partial charge on any atom is -0.341 e. The van der Waals surface area contributed by atoms with E-state index in [2.05, 4.69) is 65.3 Å². The van der Waals surface area contributed by atoms with Crippen molar-refractivity contribution in [3.63, 3.8) is 0 Å². The molecule has 2 heterocycles. The van der Waals surface area contributed by atoms with Gasteiger partial charge in [0, 0.05) is 18.3 Å². The maximum absolute atomic E-state index is 4.92. The third-order valence-electron chi connectivity index (χ3n) is 7.20. The molecule has 1 unspecified atom stereocenters. The van der Waals surface area contributed by atoms with Crippen molar-refractivity contribution in [3.05, 3.63) is 59.7 Å². The number of nitrogens with zero attached hydrogens (tertiary/aromatic N) is 4. The number of H-pyrrole nitrogens is 1. The van der Waals surface area contributed by atoms with Crippen LogP contribution in [0.4, 0.5) is 0 Å². The number of para-hydroxylation sites is 2. The molecule has 1 fully saturated rings. The van der Waals surface area contributed by atoms with E-state index in [1.165, 1.54) is 49.8 Å². The second-order valence-corrected chi connectivity index (χ2v) is 9.25. The smallest absolute Gasteiger partial charge is 0.121 e. The zero-order chi connectivity index (χ0) is 20.5. The second kappa shape index (κ2) is 8.48. The summed E-state index contributed by atoms with van der Waals surface area (Å²) in [5.41, 5.74) is 4.93. The summed E-state index contributed by atoms with van der Waals surface area (Å²) in [6.07, 6.45) is 10.6. The summed E-state index contributed by atoms with van der Waals surface area (Å²) in [4.78, 5) is 18.5. The molecule has 2 aromatic heterocycles. The monoisotopic (exact) mass is 403 g/mol. The van der Waals surface area contributed by atoms with Crippen molar-refractivity contribution in [1.82, 2.24) is 24.8 Å². The molecule has 158 valence electrons. The number of nitrogens with one attached hydrogen (secondary N) is 1. The van der Waals surface area contributed by atoms with Crippen LogP contribution >= 0.6 is 0 Å². The van der Waals surface area contributed by atoms with Gasteiger partial charge in [0.15, 0.2) is 0 Å². The first kappa shape index (κ1) is 19.7. The van der Waals surface area contributed by atoms with E-state index in [0.29, 0.717) is 18.1 Å². The summed E-state index contributed by atoms with van der Waals surface area (Å²) in [7, 11) is 4.44. The fourth-order valence-corrected chi connectivity index (χ4v) is 5.56. The lowest BCUT2D eigenvalue weighted by Gasteiger charge is -2.43. The Balaban J connectivity index is 1.45. The van der Waals surface area contributed by atoms with Crippen LogP contribution in [0.1, 0.15) is 61.6 Å². The first-order valence-electron chi connectivity index (χ1n) is 11.5. The van der Waals surface area contributed by atoms with Crippen molar-refractivity contribution in [2.75, 3.05) is 14.1 Å². The number of fused-ring (bicyclic) bond motifs is 2. The SMILES string of the molecule is CN(C)C1CCC(N(Cc2nc3ccccc3[nH]2)C2CCCc3cccnc32)CC1. The molecular weight excluding hydrogens is 370 g/mol. The summed E-state index contributed by atoms with van der Waals surface area (Å²) < 4.78 is 0. The highest BCUT2D eigenvalue weighted by Crippen LogP contribution is 2.38. The van der Waals surface area contributed by atoms with Gasteiger partial charge in [0.1, 0.15) is 5.82 Å². The number of hydrogen-bond acceptors (Lipinski definition) is 4. The minimum absolute atomic E-state index is 0.393. The van der Waals surface area contributed by atoms with Gasteiger partial charge in [-0.1, -0.05) is 18.2 Å². The van der Waals surface area contributed by atoms with E-state index in [4.69, 9.17) is 9.97 Å². The molecule has 30 heavy (non-hydrogen) atoms. The molecule has 0 aliphatic heterocycles. The highest BCUT2D eigenvalue weighted by atomic mass is 15.2. The van der Waals surface area contributed by atoms with Gasteiger partial charge in [-0.3, -0.25) is 9.88 Å². The van der Waals surface area contributed by atoms with Crippen LogP contribution in [0.15, 0.2) is 42.6 Å². The number of pyridine rings is 1. The van der Waals surface area contributed by atoms with Crippen LogP contribution in [0.25, 0.3) is 11.0 Å². The molecule has 1 saturated carbocycles. The third-order valence-corrected chi connectivity index (χ3v) is 7.20. The van der Waals surface area contributed by atoms with Gasteiger partial charge < -0.3 is 9.88 Å². The average molecular weight is 404 g/mol. The summed E-state index contributed by atoms with van der Waals surface area (Å²) in [6.45, 7) is 0.868. The molecule has 0 saturated heterocycles. The molecule has 3 aromatic rings. The van der Waals surface area contributed by atoms with Crippen molar-refractivity contribution in [2.24, 2.45) is 0 Å². The lowest BCUT2D eigenvalue weighted by atomic mass is 9.85. The Bertz CT molecular complexity index is 953. The van der Waals surface area contributed by atoms with Crippen LogP contribution in [0.2, 0.25) is 0 Å². The topological polar surface area (TPSA) is 48.0 Å². The van der Waals surface area contributed by atoms with Crippen LogP contribution in [-0.4, -0.2) is 50.9 Å². The minimum atomic E-state index is 0.393. The van der Waals surface area contributed by atoms with E-state index in [9.17, 15) is 0 Å². The summed E-state index contributed by atoms with van der Waals surface area (Å²) in [5.74, 6) is 1.08. The van der Waals surface area contributed by atoms with Crippen molar-refractivity contribution < 1.29 is 0 Å². The third kappa shape index (κ3) is 3.88. The molecule has 5 nitrogen and oxygen atoms in total. The van der Waals surface area contributed by atoms with E-state index in [-0.39, 0.29) is 0 Å². The van der Waals surface area contributed by atoms with Crippen LogP contribution < -0.4 is 0 Å². The molecule has 1 atom stereocenters. The molecule has 2 aliphatic rings. The predicted molar refractivity (Wildman–Crippen MR) is 121 cm³/mol. The molecule has 1 N–H and O–H groups in total. The van der Waals surface area contributed by atoms with E-state index in [1.54, 1.807) is 0 Å². The molecular formula is C25H33N5. The number of rotatable bonds is 5. The van der Waals surface area contributed by atoms with E-state index >= 15 is 0 Å². The Hall–Kier alpha value is -2.24. The molecule has 0 bridgehead atoms. The Morgan fingerprint density at radius 2 is 1.77 bits per heavy atom. The maximum atomic E-state index is 4.92. The average Bonchev–Trinajstić information content (AvgIpc) is 3.20. The van der Waals surface area contributed by atoms with E-state index < -0.39 is 0 Å². The summed E-state index contributed by atoms with van der Waals surface area (Å²) >= 11 is 0. The van der Waals surface area contributed by atoms with Crippen molar-refractivity contribution in [1.29, 1.82) is 0 Å². The van der Waals surface area contributed by atoms with Crippen molar-refractivity contribution in [2.45, 2.75) is 69.6 Å². The van der Waals surface area contributed by atoms with Crippen LogP contribution in [-0.2, 0) is 13.0 Å². The van der Waals surface area contributed by atoms with E-state index in [0.717, 1.165) is 29.8 Å². The molecule has 2 aliphatic carbocycles. The number of hydrogen-bond donors (Lipinski definition) is 1. The number of aromatic nitrogens is 3. The molecule has 5 rings (SSSR count). The van der Waals surface area contributed by atoms with Gasteiger partial charge in [-0.05, 0) is 82.8 Å². The second-order valence-electron chi connectivity index (χ2n) is 9.25. The number of benzene rings is 1. The van der Waals surface area contributed by atoms with Gasteiger partial charge >= 0.3 is 0 Å². The number of aromatic amines is 1. The Morgan fingerprint density at radius 3 is 2.57 bits per heavy atom. The van der Waals surface area contributed by atoms with Crippen molar-refractivity contribution in [3.8, 4) is 0 Å². The van der Waals surface area contributed by atoms with Gasteiger partial charge in [0.25, 0.3) is 0 Å². The maximum Gasteiger partial charge on any atom is 0.121 e. The van der Waals surface area contributed by atoms with E-state index in [1.807, 2.05) is 6.20 Å². The predicted octanol–water partition coefficient (Wildman–Crippen LogP) is 4.71.